The van der Waals surface area contributed by atoms with Crippen molar-refractivity contribution in [3.63, 3.8) is 0 Å². The Hall–Kier alpha value is -1.76. The number of hydrogen-bond acceptors (Lipinski definition) is 3. The predicted octanol–water partition coefficient (Wildman–Crippen LogP) is 1.37. The minimum absolute atomic E-state index is 0.220. The molecular formula is C12H13F3N2O2. The maximum atomic E-state index is 13.6. The SMILES string of the molecule is NC1CCCN(C(=O)c2cc(F)c(F)c(O)c2F)C1. The molecule has 1 aromatic rings. The van der Waals surface area contributed by atoms with E-state index < -0.39 is 34.7 Å². The molecule has 19 heavy (non-hydrogen) atoms. The fourth-order valence-corrected chi connectivity index (χ4v) is 2.11. The third kappa shape index (κ3) is 2.51. The number of nitrogens with zero attached hydrogens (tertiary/aromatic N) is 1. The minimum Gasteiger partial charge on any atom is -0.503 e. The zero-order chi connectivity index (χ0) is 14.2. The number of phenolic OH excluding ortho intramolecular Hbond substituents is 1. The molecule has 1 atom stereocenters. The molecule has 1 amide bonds. The monoisotopic (exact) mass is 274 g/mol. The van der Waals surface area contributed by atoms with Gasteiger partial charge in [-0.05, 0) is 18.9 Å². The Labute approximate surface area is 107 Å². The van der Waals surface area contributed by atoms with E-state index in [-0.39, 0.29) is 12.6 Å². The smallest absolute Gasteiger partial charge is 0.257 e. The first kappa shape index (κ1) is 13.7. The first-order valence-corrected chi connectivity index (χ1v) is 5.83. The zero-order valence-electron chi connectivity index (χ0n) is 10.00. The highest BCUT2D eigenvalue weighted by molar-refractivity contribution is 5.95. The largest absolute Gasteiger partial charge is 0.503 e. The molecule has 1 unspecified atom stereocenters. The summed E-state index contributed by atoms with van der Waals surface area (Å²) in [6, 6.07) is 0.229. The highest BCUT2D eigenvalue weighted by Gasteiger charge is 2.28. The van der Waals surface area contributed by atoms with Crippen molar-refractivity contribution in [1.29, 1.82) is 0 Å². The fourth-order valence-electron chi connectivity index (χ4n) is 2.11. The van der Waals surface area contributed by atoms with Gasteiger partial charge in [-0.15, -0.1) is 0 Å². The van der Waals surface area contributed by atoms with Gasteiger partial charge in [0.15, 0.2) is 17.4 Å². The van der Waals surface area contributed by atoms with E-state index in [1.54, 1.807) is 0 Å². The number of carbonyl (C=O) groups is 1. The van der Waals surface area contributed by atoms with Crippen LogP contribution in [0, 0.1) is 17.5 Å². The molecule has 0 aromatic heterocycles. The van der Waals surface area contributed by atoms with E-state index in [0.29, 0.717) is 19.0 Å². The van der Waals surface area contributed by atoms with Crippen LogP contribution in [-0.4, -0.2) is 35.0 Å². The Bertz CT molecular complexity index is 522. The van der Waals surface area contributed by atoms with Gasteiger partial charge in [0, 0.05) is 19.1 Å². The molecule has 3 N–H and O–H groups in total. The molecular weight excluding hydrogens is 261 g/mol. The van der Waals surface area contributed by atoms with Crippen molar-refractivity contribution >= 4 is 5.91 Å². The fraction of sp³-hybridized carbons (Fsp3) is 0.417. The molecule has 1 fully saturated rings. The van der Waals surface area contributed by atoms with Gasteiger partial charge in [0.1, 0.15) is 0 Å². The first-order valence-electron chi connectivity index (χ1n) is 5.83. The number of halogens is 3. The van der Waals surface area contributed by atoms with Gasteiger partial charge in [-0.25, -0.2) is 8.78 Å². The van der Waals surface area contributed by atoms with Crippen LogP contribution in [0.2, 0.25) is 0 Å². The quantitative estimate of drug-likeness (QED) is 0.760. The topological polar surface area (TPSA) is 66.6 Å². The molecule has 1 saturated heterocycles. The van der Waals surface area contributed by atoms with Crippen molar-refractivity contribution in [3.8, 4) is 5.75 Å². The number of likely N-dealkylation sites (tertiary alicyclic amines) is 1. The Balaban J connectivity index is 2.34. The normalized spacial score (nSPS) is 19.6. The van der Waals surface area contributed by atoms with Gasteiger partial charge >= 0.3 is 0 Å². The highest BCUT2D eigenvalue weighted by atomic mass is 19.2. The van der Waals surface area contributed by atoms with E-state index in [9.17, 15) is 18.0 Å². The summed E-state index contributed by atoms with van der Waals surface area (Å²) in [5, 5.41) is 9.08. The van der Waals surface area contributed by atoms with Crippen LogP contribution in [0.5, 0.6) is 5.75 Å². The summed E-state index contributed by atoms with van der Waals surface area (Å²) < 4.78 is 39.7. The van der Waals surface area contributed by atoms with Gasteiger partial charge in [-0.3, -0.25) is 4.79 Å². The van der Waals surface area contributed by atoms with Crippen LogP contribution in [0.25, 0.3) is 0 Å². The highest BCUT2D eigenvalue weighted by Crippen LogP contribution is 2.27. The molecule has 0 bridgehead atoms. The van der Waals surface area contributed by atoms with Gasteiger partial charge in [0.05, 0.1) is 5.56 Å². The van der Waals surface area contributed by atoms with E-state index in [1.165, 1.54) is 4.90 Å². The number of benzene rings is 1. The lowest BCUT2D eigenvalue weighted by atomic mass is 10.0. The lowest BCUT2D eigenvalue weighted by molar-refractivity contribution is 0.0702. The second-order valence-corrected chi connectivity index (χ2v) is 4.54. The second-order valence-electron chi connectivity index (χ2n) is 4.54. The van der Waals surface area contributed by atoms with E-state index in [0.717, 1.165) is 6.42 Å². The molecule has 2 rings (SSSR count). The van der Waals surface area contributed by atoms with Crippen LogP contribution in [0.4, 0.5) is 13.2 Å². The molecule has 1 aliphatic heterocycles. The minimum atomic E-state index is -1.70. The van der Waals surface area contributed by atoms with E-state index in [2.05, 4.69) is 0 Å². The number of aromatic hydroxyl groups is 1. The Morgan fingerprint density at radius 2 is 2.05 bits per heavy atom. The Morgan fingerprint density at radius 1 is 1.37 bits per heavy atom. The van der Waals surface area contributed by atoms with Crippen LogP contribution in [-0.2, 0) is 0 Å². The molecule has 0 radical (unpaired) electrons. The maximum absolute atomic E-state index is 13.6. The average Bonchev–Trinajstić information content (AvgIpc) is 2.40. The lowest BCUT2D eigenvalue weighted by Gasteiger charge is -2.30. The molecule has 0 aliphatic carbocycles. The average molecular weight is 274 g/mol. The zero-order valence-corrected chi connectivity index (χ0v) is 10.00. The van der Waals surface area contributed by atoms with Crippen molar-refractivity contribution < 1.29 is 23.1 Å². The Kier molecular flexibility index (Phi) is 3.66. The number of hydrogen-bond donors (Lipinski definition) is 2. The van der Waals surface area contributed by atoms with E-state index in [1.807, 2.05) is 0 Å². The number of carbonyl (C=O) groups excluding carboxylic acids is 1. The molecule has 7 heteroatoms. The van der Waals surface area contributed by atoms with Crippen LogP contribution >= 0.6 is 0 Å². The number of phenols is 1. The van der Waals surface area contributed by atoms with E-state index >= 15 is 0 Å². The summed E-state index contributed by atoms with van der Waals surface area (Å²) in [4.78, 5) is 13.3. The number of rotatable bonds is 1. The van der Waals surface area contributed by atoms with Crippen LogP contribution in [0.3, 0.4) is 0 Å². The van der Waals surface area contributed by atoms with Crippen molar-refractivity contribution in [3.05, 3.63) is 29.1 Å². The van der Waals surface area contributed by atoms with Gasteiger partial charge < -0.3 is 15.7 Å². The van der Waals surface area contributed by atoms with Gasteiger partial charge in [0.25, 0.3) is 5.91 Å². The number of amides is 1. The molecule has 104 valence electrons. The van der Waals surface area contributed by atoms with Gasteiger partial charge in [0.2, 0.25) is 5.82 Å². The molecule has 1 aromatic carbocycles. The summed E-state index contributed by atoms with van der Waals surface area (Å²) in [5.74, 6) is -6.91. The molecule has 1 heterocycles. The van der Waals surface area contributed by atoms with Crippen molar-refractivity contribution in [2.24, 2.45) is 5.73 Å². The lowest BCUT2D eigenvalue weighted by Crippen LogP contribution is -2.46. The summed E-state index contributed by atoms with van der Waals surface area (Å²) in [7, 11) is 0. The number of piperidine rings is 1. The maximum Gasteiger partial charge on any atom is 0.257 e. The van der Waals surface area contributed by atoms with Crippen LogP contribution in [0.1, 0.15) is 23.2 Å². The predicted molar refractivity (Wildman–Crippen MR) is 61.1 cm³/mol. The van der Waals surface area contributed by atoms with Crippen LogP contribution < -0.4 is 5.73 Å². The third-order valence-electron chi connectivity index (χ3n) is 3.11. The third-order valence-corrected chi connectivity index (χ3v) is 3.11. The van der Waals surface area contributed by atoms with Crippen molar-refractivity contribution in [1.82, 2.24) is 4.90 Å². The van der Waals surface area contributed by atoms with Crippen LogP contribution in [0.15, 0.2) is 6.07 Å². The molecule has 0 spiro atoms. The summed E-state index contributed by atoms with van der Waals surface area (Å²) in [6.45, 7) is 0.587. The molecule has 4 nitrogen and oxygen atoms in total. The summed E-state index contributed by atoms with van der Waals surface area (Å²) in [5.41, 5.74) is 5.00. The van der Waals surface area contributed by atoms with E-state index in [4.69, 9.17) is 10.8 Å². The van der Waals surface area contributed by atoms with Gasteiger partial charge in [-0.2, -0.15) is 4.39 Å². The van der Waals surface area contributed by atoms with Crippen molar-refractivity contribution in [2.75, 3.05) is 13.1 Å². The summed E-state index contributed by atoms with van der Waals surface area (Å²) in [6.07, 6.45) is 1.40. The molecule has 1 aliphatic rings. The standard InChI is InChI=1S/C12H13F3N2O2/c13-8-4-7(9(14)11(18)10(8)15)12(19)17-3-1-2-6(16)5-17/h4,6,18H,1-3,5,16H2. The second kappa shape index (κ2) is 5.08. The number of nitrogens with two attached hydrogens (primary N) is 1. The first-order chi connectivity index (χ1) is 8.91. The molecule has 0 saturated carbocycles. The van der Waals surface area contributed by atoms with Gasteiger partial charge in [-0.1, -0.05) is 0 Å². The summed E-state index contributed by atoms with van der Waals surface area (Å²) >= 11 is 0. The Morgan fingerprint density at radius 3 is 2.68 bits per heavy atom. The van der Waals surface area contributed by atoms with Crippen molar-refractivity contribution in [2.45, 2.75) is 18.9 Å².